The first-order valence-electron chi connectivity index (χ1n) is 6.02. The van der Waals surface area contributed by atoms with Gasteiger partial charge in [-0.2, -0.15) is 10.2 Å². The molecule has 2 aromatic heterocycles. The maximum atomic E-state index is 8.89. The molecule has 102 valence electrons. The summed E-state index contributed by atoms with van der Waals surface area (Å²) in [4.78, 5) is 4.25. The van der Waals surface area contributed by atoms with Crippen LogP contribution in [-0.4, -0.2) is 27.4 Å². The van der Waals surface area contributed by atoms with Gasteiger partial charge in [0, 0.05) is 11.6 Å². The number of hydrogen-bond acceptors (Lipinski definition) is 7. The molecule has 3 rings (SSSR count). The van der Waals surface area contributed by atoms with E-state index in [0.29, 0.717) is 34.4 Å². The van der Waals surface area contributed by atoms with Crippen molar-refractivity contribution in [1.29, 1.82) is 5.26 Å². The molecule has 0 aliphatic carbocycles. The number of nitriles is 1. The topological polar surface area (TPSA) is 97.7 Å². The van der Waals surface area contributed by atoms with Crippen LogP contribution in [-0.2, 0) is 0 Å². The molecule has 0 radical (unpaired) electrons. The maximum absolute atomic E-state index is 8.89. The van der Waals surface area contributed by atoms with Crippen molar-refractivity contribution in [3.8, 4) is 34.9 Å². The zero-order chi connectivity index (χ0) is 14.7. The number of aromatic nitrogens is 4. The van der Waals surface area contributed by atoms with Crippen LogP contribution in [0, 0.1) is 11.3 Å². The summed E-state index contributed by atoms with van der Waals surface area (Å²) >= 11 is 0. The zero-order valence-electron chi connectivity index (χ0n) is 11.0. The van der Waals surface area contributed by atoms with Crippen molar-refractivity contribution >= 4 is 0 Å². The number of rotatable bonds is 3. The van der Waals surface area contributed by atoms with Crippen molar-refractivity contribution in [2.45, 2.75) is 0 Å². The van der Waals surface area contributed by atoms with Crippen LogP contribution in [0.3, 0.4) is 0 Å². The highest BCUT2D eigenvalue weighted by atomic mass is 16.5. The lowest BCUT2D eigenvalue weighted by Gasteiger charge is -1.96. The molecule has 0 amide bonds. The van der Waals surface area contributed by atoms with Gasteiger partial charge in [-0.3, -0.25) is 0 Å². The van der Waals surface area contributed by atoms with Crippen LogP contribution >= 0.6 is 0 Å². The summed E-state index contributed by atoms with van der Waals surface area (Å²) in [6.45, 7) is 0. The van der Waals surface area contributed by atoms with E-state index in [1.54, 1.807) is 36.4 Å². The third-order valence-corrected chi connectivity index (χ3v) is 2.74. The third-order valence-electron chi connectivity index (χ3n) is 2.74. The van der Waals surface area contributed by atoms with Crippen LogP contribution < -0.4 is 4.74 Å². The molecular formula is C14H9N5O2. The molecule has 0 unspecified atom stereocenters. The molecule has 0 spiro atoms. The summed E-state index contributed by atoms with van der Waals surface area (Å²) in [5, 5.41) is 20.6. The summed E-state index contributed by atoms with van der Waals surface area (Å²) in [6.07, 6.45) is 0. The van der Waals surface area contributed by atoms with Gasteiger partial charge in [-0.25, -0.2) is 0 Å². The van der Waals surface area contributed by atoms with Gasteiger partial charge in [0.2, 0.25) is 11.7 Å². The van der Waals surface area contributed by atoms with Crippen LogP contribution in [0.1, 0.15) is 5.56 Å². The highest BCUT2D eigenvalue weighted by molar-refractivity contribution is 5.59. The fraction of sp³-hybridized carbons (Fsp3) is 0.0714. The maximum Gasteiger partial charge on any atom is 0.258 e. The zero-order valence-corrected chi connectivity index (χ0v) is 11.0. The van der Waals surface area contributed by atoms with Gasteiger partial charge in [0.1, 0.15) is 5.69 Å². The summed E-state index contributed by atoms with van der Waals surface area (Å²) in [5.74, 6) is 1.05. The van der Waals surface area contributed by atoms with E-state index in [1.165, 1.54) is 7.11 Å². The summed E-state index contributed by atoms with van der Waals surface area (Å²) < 4.78 is 10.1. The minimum Gasteiger partial charge on any atom is -0.480 e. The van der Waals surface area contributed by atoms with E-state index in [1.807, 2.05) is 0 Å². The molecule has 7 nitrogen and oxygen atoms in total. The van der Waals surface area contributed by atoms with Crippen LogP contribution in [0.2, 0.25) is 0 Å². The first-order valence-corrected chi connectivity index (χ1v) is 6.02. The Hall–Kier alpha value is -3.27. The van der Waals surface area contributed by atoms with E-state index in [-0.39, 0.29) is 0 Å². The third kappa shape index (κ3) is 2.55. The molecule has 0 bridgehead atoms. The highest BCUT2D eigenvalue weighted by Gasteiger charge is 2.12. The Morgan fingerprint density at radius 3 is 2.81 bits per heavy atom. The Labute approximate surface area is 119 Å². The first kappa shape index (κ1) is 12.7. The summed E-state index contributed by atoms with van der Waals surface area (Å²) in [5.41, 5.74) is 1.67. The Kier molecular flexibility index (Phi) is 3.27. The lowest BCUT2D eigenvalue weighted by Crippen LogP contribution is -1.93. The van der Waals surface area contributed by atoms with Gasteiger partial charge < -0.3 is 9.26 Å². The predicted octanol–water partition coefficient (Wildman–Crippen LogP) is 2.07. The number of methoxy groups -OCH3 is 1. The number of nitrogens with zero attached hydrogens (tertiary/aromatic N) is 5. The largest absolute Gasteiger partial charge is 0.480 e. The molecule has 1 aromatic carbocycles. The second-order valence-corrected chi connectivity index (χ2v) is 4.08. The fourth-order valence-corrected chi connectivity index (χ4v) is 1.71. The van der Waals surface area contributed by atoms with Crippen LogP contribution in [0.15, 0.2) is 40.9 Å². The van der Waals surface area contributed by atoms with Crippen molar-refractivity contribution in [2.24, 2.45) is 0 Å². The molecule has 0 fully saturated rings. The first-order chi connectivity index (χ1) is 10.3. The molecule has 0 saturated heterocycles. The smallest absolute Gasteiger partial charge is 0.258 e. The SMILES string of the molecule is COc1ccc(-c2noc(-c3cccc(C#N)c3)n2)nn1. The summed E-state index contributed by atoms with van der Waals surface area (Å²) in [7, 11) is 1.51. The lowest BCUT2D eigenvalue weighted by molar-refractivity contribution is 0.392. The van der Waals surface area contributed by atoms with Crippen molar-refractivity contribution in [2.75, 3.05) is 7.11 Å². The van der Waals surface area contributed by atoms with E-state index in [4.69, 9.17) is 14.5 Å². The quantitative estimate of drug-likeness (QED) is 0.723. The van der Waals surface area contributed by atoms with Crippen LogP contribution in [0.4, 0.5) is 0 Å². The molecule has 0 saturated carbocycles. The van der Waals surface area contributed by atoms with E-state index in [2.05, 4.69) is 26.4 Å². The van der Waals surface area contributed by atoms with Gasteiger partial charge in [0.25, 0.3) is 5.89 Å². The highest BCUT2D eigenvalue weighted by Crippen LogP contribution is 2.22. The van der Waals surface area contributed by atoms with E-state index in [9.17, 15) is 0 Å². The summed E-state index contributed by atoms with van der Waals surface area (Å²) in [6, 6.07) is 12.3. The molecule has 0 atom stereocenters. The number of hydrogen-bond donors (Lipinski definition) is 0. The average molecular weight is 279 g/mol. The normalized spacial score (nSPS) is 10.1. The molecule has 3 aromatic rings. The van der Waals surface area contributed by atoms with E-state index in [0.717, 1.165) is 0 Å². The minimum absolute atomic E-state index is 0.319. The Balaban J connectivity index is 1.93. The van der Waals surface area contributed by atoms with Gasteiger partial charge in [0.05, 0.1) is 18.7 Å². The standard InChI is InChI=1S/C14H9N5O2/c1-20-12-6-5-11(17-18-12)13-16-14(21-19-13)10-4-2-3-9(7-10)8-15/h2-7H,1H3. The van der Waals surface area contributed by atoms with Crippen LogP contribution in [0.25, 0.3) is 23.0 Å². The van der Waals surface area contributed by atoms with Crippen LogP contribution in [0.5, 0.6) is 5.88 Å². The van der Waals surface area contributed by atoms with Gasteiger partial charge in [0.15, 0.2) is 0 Å². The predicted molar refractivity (Wildman–Crippen MR) is 72.0 cm³/mol. The molecular weight excluding hydrogens is 270 g/mol. The van der Waals surface area contributed by atoms with Crippen molar-refractivity contribution < 1.29 is 9.26 Å². The van der Waals surface area contributed by atoms with Crippen molar-refractivity contribution in [1.82, 2.24) is 20.3 Å². The number of benzene rings is 1. The second-order valence-electron chi connectivity index (χ2n) is 4.08. The molecule has 2 heterocycles. The Morgan fingerprint density at radius 2 is 2.10 bits per heavy atom. The molecule has 21 heavy (non-hydrogen) atoms. The molecule has 0 aliphatic heterocycles. The second kappa shape index (κ2) is 5.38. The monoisotopic (exact) mass is 279 g/mol. The van der Waals surface area contributed by atoms with Gasteiger partial charge in [-0.05, 0) is 24.3 Å². The Morgan fingerprint density at radius 1 is 1.19 bits per heavy atom. The van der Waals surface area contributed by atoms with Crippen molar-refractivity contribution in [3.05, 3.63) is 42.0 Å². The Bertz CT molecular complexity index is 805. The minimum atomic E-state index is 0.319. The van der Waals surface area contributed by atoms with E-state index >= 15 is 0 Å². The van der Waals surface area contributed by atoms with E-state index < -0.39 is 0 Å². The molecule has 0 aliphatic rings. The lowest BCUT2D eigenvalue weighted by atomic mass is 10.1. The van der Waals surface area contributed by atoms with Crippen molar-refractivity contribution in [3.63, 3.8) is 0 Å². The molecule has 0 N–H and O–H groups in total. The number of ether oxygens (including phenoxy) is 1. The average Bonchev–Trinajstić information content (AvgIpc) is 3.05. The molecule has 7 heteroatoms. The fourth-order valence-electron chi connectivity index (χ4n) is 1.71. The van der Waals surface area contributed by atoms with Gasteiger partial charge in [-0.1, -0.05) is 11.2 Å². The van der Waals surface area contributed by atoms with Gasteiger partial charge >= 0.3 is 0 Å². The van der Waals surface area contributed by atoms with Gasteiger partial charge in [-0.15, -0.1) is 10.2 Å².